The molecule has 0 bridgehead atoms. The van der Waals surface area contributed by atoms with Crippen molar-refractivity contribution in [3.8, 4) is 11.3 Å². The summed E-state index contributed by atoms with van der Waals surface area (Å²) in [6.45, 7) is 6.70. The van der Waals surface area contributed by atoms with Gasteiger partial charge in [0.15, 0.2) is 5.69 Å². The number of rotatable bonds is 5. The van der Waals surface area contributed by atoms with Crippen LogP contribution in [0.1, 0.15) is 43.7 Å². The molecule has 1 atom stereocenters. The van der Waals surface area contributed by atoms with E-state index < -0.39 is 5.97 Å². The van der Waals surface area contributed by atoms with Crippen LogP contribution in [0.5, 0.6) is 0 Å². The molecule has 0 aromatic carbocycles. The Morgan fingerprint density at radius 3 is 2.74 bits per heavy atom. The highest BCUT2D eigenvalue weighted by Crippen LogP contribution is 2.25. The van der Waals surface area contributed by atoms with Crippen molar-refractivity contribution in [2.75, 3.05) is 0 Å². The van der Waals surface area contributed by atoms with Gasteiger partial charge in [0, 0.05) is 18.3 Å². The number of aromatic nitrogens is 5. The lowest BCUT2D eigenvalue weighted by atomic mass is 10.1. The summed E-state index contributed by atoms with van der Waals surface area (Å²) in [4.78, 5) is 11.3. The number of aromatic carboxylic acids is 1. The van der Waals surface area contributed by atoms with Crippen LogP contribution < -0.4 is 0 Å². The van der Waals surface area contributed by atoms with Crippen LogP contribution in [0.3, 0.4) is 0 Å². The van der Waals surface area contributed by atoms with Gasteiger partial charge in [-0.15, -0.1) is 5.10 Å². The molecule has 2 aromatic heterocycles. The molecule has 1 N–H and O–H groups in total. The molecule has 102 valence electrons. The van der Waals surface area contributed by atoms with Gasteiger partial charge < -0.3 is 5.11 Å². The molecule has 0 amide bonds. The molecule has 7 nitrogen and oxygen atoms in total. The number of carbonyl (C=O) groups is 1. The zero-order valence-corrected chi connectivity index (χ0v) is 11.2. The molecule has 0 aliphatic carbocycles. The lowest BCUT2D eigenvalue weighted by Gasteiger charge is -2.11. The first-order chi connectivity index (χ1) is 9.08. The molecule has 2 aromatic rings. The fraction of sp³-hybridized carbons (Fsp3) is 0.500. The van der Waals surface area contributed by atoms with Crippen LogP contribution in [0.15, 0.2) is 12.4 Å². The van der Waals surface area contributed by atoms with Crippen LogP contribution in [0, 0.1) is 0 Å². The van der Waals surface area contributed by atoms with Gasteiger partial charge in [-0.2, -0.15) is 5.10 Å². The lowest BCUT2D eigenvalue weighted by Crippen LogP contribution is -2.08. The van der Waals surface area contributed by atoms with Crippen molar-refractivity contribution in [2.45, 2.75) is 39.8 Å². The van der Waals surface area contributed by atoms with E-state index in [1.165, 1.54) is 0 Å². The third-order valence-corrected chi connectivity index (χ3v) is 3.14. The minimum Gasteiger partial charge on any atom is -0.476 e. The first kappa shape index (κ1) is 13.3. The Labute approximate surface area is 110 Å². The van der Waals surface area contributed by atoms with Crippen molar-refractivity contribution < 1.29 is 9.90 Å². The Balaban J connectivity index is 2.57. The lowest BCUT2D eigenvalue weighted by molar-refractivity contribution is 0.0691. The number of carboxylic acid groups (broad SMARTS) is 1. The molecule has 2 heterocycles. The van der Waals surface area contributed by atoms with Crippen molar-refractivity contribution in [1.29, 1.82) is 0 Å². The molecule has 0 aliphatic rings. The predicted molar refractivity (Wildman–Crippen MR) is 68.9 cm³/mol. The topological polar surface area (TPSA) is 85.8 Å². The fourth-order valence-electron chi connectivity index (χ4n) is 1.85. The van der Waals surface area contributed by atoms with E-state index >= 15 is 0 Å². The second kappa shape index (κ2) is 5.21. The van der Waals surface area contributed by atoms with Gasteiger partial charge in [0.1, 0.15) is 5.69 Å². The summed E-state index contributed by atoms with van der Waals surface area (Å²) in [5.74, 6) is -1.08. The van der Waals surface area contributed by atoms with Crippen LogP contribution in [0.2, 0.25) is 0 Å². The largest absolute Gasteiger partial charge is 0.476 e. The van der Waals surface area contributed by atoms with E-state index in [-0.39, 0.29) is 11.7 Å². The average Bonchev–Trinajstić information content (AvgIpc) is 3.03. The van der Waals surface area contributed by atoms with Crippen LogP contribution >= 0.6 is 0 Å². The molecule has 0 aliphatic heterocycles. The van der Waals surface area contributed by atoms with Crippen LogP contribution in [-0.4, -0.2) is 35.9 Å². The Morgan fingerprint density at radius 1 is 1.47 bits per heavy atom. The fourth-order valence-corrected chi connectivity index (χ4v) is 1.85. The second-order valence-corrected chi connectivity index (χ2v) is 4.38. The molecule has 0 spiro atoms. The van der Waals surface area contributed by atoms with Gasteiger partial charge in [-0.3, -0.25) is 4.68 Å². The third kappa shape index (κ3) is 2.35. The number of hydrogen-bond donors (Lipinski definition) is 1. The van der Waals surface area contributed by atoms with Crippen LogP contribution in [-0.2, 0) is 6.54 Å². The Kier molecular flexibility index (Phi) is 3.64. The maximum atomic E-state index is 11.3. The Bertz CT molecular complexity index is 587. The smallest absolute Gasteiger partial charge is 0.358 e. The first-order valence-electron chi connectivity index (χ1n) is 6.29. The summed E-state index contributed by atoms with van der Waals surface area (Å²) in [6.07, 6.45) is 4.30. The quantitative estimate of drug-likeness (QED) is 0.889. The average molecular weight is 263 g/mol. The van der Waals surface area contributed by atoms with E-state index in [0.29, 0.717) is 5.69 Å². The van der Waals surface area contributed by atoms with E-state index in [1.54, 1.807) is 15.6 Å². The third-order valence-electron chi connectivity index (χ3n) is 3.14. The van der Waals surface area contributed by atoms with Crippen molar-refractivity contribution in [3.05, 3.63) is 18.1 Å². The number of hydrogen-bond acceptors (Lipinski definition) is 4. The standard InChI is InChI=1S/C12H17N5O2/c1-4-8(3)17-11(10(12(18)19)14-15-17)9-6-13-16(5-2)7-9/h6-8H,4-5H2,1-3H3,(H,18,19). The van der Waals surface area contributed by atoms with Gasteiger partial charge in [0.2, 0.25) is 0 Å². The van der Waals surface area contributed by atoms with Gasteiger partial charge in [-0.25, -0.2) is 9.48 Å². The van der Waals surface area contributed by atoms with E-state index in [4.69, 9.17) is 0 Å². The van der Waals surface area contributed by atoms with Crippen molar-refractivity contribution in [2.24, 2.45) is 0 Å². The summed E-state index contributed by atoms with van der Waals surface area (Å²) in [5.41, 5.74) is 1.21. The van der Waals surface area contributed by atoms with Gasteiger partial charge >= 0.3 is 5.97 Å². The highest BCUT2D eigenvalue weighted by Gasteiger charge is 2.23. The Hall–Kier alpha value is -2.18. The van der Waals surface area contributed by atoms with Crippen molar-refractivity contribution in [3.63, 3.8) is 0 Å². The summed E-state index contributed by atoms with van der Waals surface area (Å²) in [7, 11) is 0. The van der Waals surface area contributed by atoms with Gasteiger partial charge in [-0.05, 0) is 20.3 Å². The number of carboxylic acids is 1. The molecule has 2 rings (SSSR count). The summed E-state index contributed by atoms with van der Waals surface area (Å²) < 4.78 is 3.40. The molecule has 7 heteroatoms. The molecule has 0 radical (unpaired) electrons. The van der Waals surface area contributed by atoms with E-state index in [2.05, 4.69) is 15.4 Å². The van der Waals surface area contributed by atoms with Gasteiger partial charge in [-0.1, -0.05) is 12.1 Å². The second-order valence-electron chi connectivity index (χ2n) is 4.38. The van der Waals surface area contributed by atoms with E-state index in [1.807, 2.05) is 27.0 Å². The summed E-state index contributed by atoms with van der Waals surface area (Å²) >= 11 is 0. The van der Waals surface area contributed by atoms with E-state index in [0.717, 1.165) is 18.5 Å². The minimum absolute atomic E-state index is 0.0315. The highest BCUT2D eigenvalue weighted by atomic mass is 16.4. The molecule has 19 heavy (non-hydrogen) atoms. The zero-order valence-electron chi connectivity index (χ0n) is 11.2. The number of nitrogens with zero attached hydrogens (tertiary/aromatic N) is 5. The molecule has 0 saturated carbocycles. The molecule has 0 fully saturated rings. The summed E-state index contributed by atoms with van der Waals surface area (Å²) in [5, 5.41) is 21.1. The first-order valence-corrected chi connectivity index (χ1v) is 6.29. The minimum atomic E-state index is -1.08. The monoisotopic (exact) mass is 263 g/mol. The SMILES string of the molecule is CCC(C)n1nnc(C(=O)O)c1-c1cnn(CC)c1. The maximum Gasteiger partial charge on any atom is 0.358 e. The molecular formula is C12H17N5O2. The van der Waals surface area contributed by atoms with E-state index in [9.17, 15) is 9.90 Å². The predicted octanol–water partition coefficient (Wildman–Crippen LogP) is 1.83. The van der Waals surface area contributed by atoms with Gasteiger partial charge in [0.05, 0.1) is 12.2 Å². The molecule has 1 unspecified atom stereocenters. The van der Waals surface area contributed by atoms with Crippen LogP contribution in [0.4, 0.5) is 0 Å². The maximum absolute atomic E-state index is 11.3. The zero-order chi connectivity index (χ0) is 14.0. The van der Waals surface area contributed by atoms with Gasteiger partial charge in [0.25, 0.3) is 0 Å². The normalized spacial score (nSPS) is 12.6. The molecular weight excluding hydrogens is 246 g/mol. The molecule has 0 saturated heterocycles. The highest BCUT2D eigenvalue weighted by molar-refractivity contribution is 5.92. The van der Waals surface area contributed by atoms with Crippen molar-refractivity contribution >= 4 is 5.97 Å². The van der Waals surface area contributed by atoms with Crippen LogP contribution in [0.25, 0.3) is 11.3 Å². The number of aryl methyl sites for hydroxylation is 1. The Morgan fingerprint density at radius 2 is 2.21 bits per heavy atom. The summed E-state index contributed by atoms with van der Waals surface area (Å²) in [6, 6.07) is 0.0839. The van der Waals surface area contributed by atoms with Crippen molar-refractivity contribution in [1.82, 2.24) is 24.8 Å².